The van der Waals surface area contributed by atoms with Gasteiger partial charge >= 0.3 is 0 Å². The zero-order valence-electron chi connectivity index (χ0n) is 15.9. The number of anilines is 2. The highest BCUT2D eigenvalue weighted by molar-refractivity contribution is 6.06. The molecule has 144 valence electrons. The van der Waals surface area contributed by atoms with Crippen LogP contribution in [-0.4, -0.2) is 24.5 Å². The highest BCUT2D eigenvalue weighted by Gasteiger charge is 2.24. The van der Waals surface area contributed by atoms with Crippen LogP contribution >= 0.6 is 0 Å². The summed E-state index contributed by atoms with van der Waals surface area (Å²) < 4.78 is 11.0. The van der Waals surface area contributed by atoms with Crippen molar-refractivity contribution in [3.63, 3.8) is 0 Å². The number of hydrogen-bond acceptors (Lipinski definition) is 4. The molecule has 1 aromatic heterocycles. The van der Waals surface area contributed by atoms with Gasteiger partial charge in [-0.25, -0.2) is 0 Å². The second kappa shape index (κ2) is 7.48. The lowest BCUT2D eigenvalue weighted by molar-refractivity contribution is -0.124. The minimum absolute atomic E-state index is 0.168. The summed E-state index contributed by atoms with van der Waals surface area (Å²) in [5, 5.41) is 6.71. The topological polar surface area (TPSA) is 80.6 Å². The maximum Gasteiger partial charge on any atom is 0.255 e. The Morgan fingerprint density at radius 1 is 1.04 bits per heavy atom. The van der Waals surface area contributed by atoms with E-state index in [-0.39, 0.29) is 11.8 Å². The van der Waals surface area contributed by atoms with Gasteiger partial charge in [0, 0.05) is 28.9 Å². The third-order valence-corrected chi connectivity index (χ3v) is 4.88. The van der Waals surface area contributed by atoms with Crippen molar-refractivity contribution in [2.45, 2.75) is 32.8 Å². The van der Waals surface area contributed by atoms with Gasteiger partial charge in [-0.1, -0.05) is 6.07 Å². The van der Waals surface area contributed by atoms with Gasteiger partial charge in [0.15, 0.2) is 0 Å². The van der Waals surface area contributed by atoms with E-state index in [2.05, 4.69) is 10.6 Å². The minimum Gasteiger partial charge on any atom is -0.461 e. The first-order chi connectivity index (χ1) is 13.5. The van der Waals surface area contributed by atoms with Gasteiger partial charge in [0.2, 0.25) is 0 Å². The molecule has 2 amide bonds. The molecule has 6 heteroatoms. The molecule has 0 bridgehead atoms. The van der Waals surface area contributed by atoms with Crippen LogP contribution in [0.4, 0.5) is 11.4 Å². The van der Waals surface area contributed by atoms with Crippen LogP contribution in [-0.2, 0) is 9.53 Å². The Hall–Kier alpha value is -3.12. The second-order valence-electron chi connectivity index (χ2n) is 7.08. The van der Waals surface area contributed by atoms with E-state index in [0.717, 1.165) is 35.1 Å². The fourth-order valence-electron chi connectivity index (χ4n) is 3.35. The number of furan rings is 1. The number of rotatable bonds is 4. The van der Waals surface area contributed by atoms with E-state index in [4.69, 9.17) is 9.15 Å². The van der Waals surface area contributed by atoms with Gasteiger partial charge in [0.05, 0.1) is 0 Å². The largest absolute Gasteiger partial charge is 0.461 e. The third-order valence-electron chi connectivity index (χ3n) is 4.88. The van der Waals surface area contributed by atoms with Gasteiger partial charge in [-0.15, -0.1) is 0 Å². The standard InChI is InChI=1S/C22H22N2O4/c1-13-5-6-15(12-18(13)24-22(26)20-4-3-9-27-20)21(25)23-17-7-8-19-16(11-17)10-14(2)28-19/h5-8,10-12,20H,3-4,9H2,1-2H3,(H,23,25)(H,24,26)/t20-/m0/s1. The quantitative estimate of drug-likeness (QED) is 0.704. The Balaban J connectivity index is 1.50. The van der Waals surface area contributed by atoms with Crippen LogP contribution in [0.3, 0.4) is 0 Å². The van der Waals surface area contributed by atoms with Crippen LogP contribution in [0, 0.1) is 13.8 Å². The maximum absolute atomic E-state index is 12.7. The number of carbonyl (C=O) groups is 2. The van der Waals surface area contributed by atoms with Crippen molar-refractivity contribution in [3.05, 3.63) is 59.4 Å². The van der Waals surface area contributed by atoms with Crippen LogP contribution in [0.15, 0.2) is 46.9 Å². The first kappa shape index (κ1) is 18.3. The molecule has 28 heavy (non-hydrogen) atoms. The molecular formula is C22H22N2O4. The van der Waals surface area contributed by atoms with E-state index in [1.54, 1.807) is 18.2 Å². The zero-order chi connectivity index (χ0) is 19.7. The predicted octanol–water partition coefficient (Wildman–Crippen LogP) is 4.42. The van der Waals surface area contributed by atoms with Gasteiger partial charge < -0.3 is 19.8 Å². The van der Waals surface area contributed by atoms with E-state index >= 15 is 0 Å². The molecule has 2 aromatic carbocycles. The van der Waals surface area contributed by atoms with E-state index in [1.807, 2.05) is 38.1 Å². The lowest BCUT2D eigenvalue weighted by atomic mass is 10.1. The fraction of sp³-hybridized carbons (Fsp3) is 0.273. The van der Waals surface area contributed by atoms with E-state index in [0.29, 0.717) is 23.5 Å². The molecule has 0 aliphatic carbocycles. The Morgan fingerprint density at radius 3 is 2.68 bits per heavy atom. The monoisotopic (exact) mass is 378 g/mol. The van der Waals surface area contributed by atoms with E-state index in [9.17, 15) is 9.59 Å². The smallest absolute Gasteiger partial charge is 0.255 e. The number of ether oxygens (including phenoxy) is 1. The molecule has 1 atom stereocenters. The van der Waals surface area contributed by atoms with E-state index < -0.39 is 6.10 Å². The molecule has 6 nitrogen and oxygen atoms in total. The molecule has 1 fully saturated rings. The van der Waals surface area contributed by atoms with E-state index in [1.165, 1.54) is 0 Å². The lowest BCUT2D eigenvalue weighted by Gasteiger charge is -2.14. The summed E-state index contributed by atoms with van der Waals surface area (Å²) in [6, 6.07) is 12.7. The van der Waals surface area contributed by atoms with Gasteiger partial charge in [0.1, 0.15) is 17.4 Å². The normalized spacial score (nSPS) is 16.3. The van der Waals surface area contributed by atoms with Crippen LogP contribution in [0.5, 0.6) is 0 Å². The van der Waals surface area contributed by atoms with Gasteiger partial charge in [0.25, 0.3) is 11.8 Å². The van der Waals surface area contributed by atoms with Crippen molar-refractivity contribution in [2.75, 3.05) is 17.2 Å². The number of fused-ring (bicyclic) bond motifs is 1. The molecule has 2 N–H and O–H groups in total. The summed E-state index contributed by atoms with van der Waals surface area (Å²) in [5.41, 5.74) is 3.44. The summed E-state index contributed by atoms with van der Waals surface area (Å²) in [7, 11) is 0. The summed E-state index contributed by atoms with van der Waals surface area (Å²) in [6.07, 6.45) is 1.20. The molecule has 2 heterocycles. The molecule has 1 aliphatic rings. The van der Waals surface area contributed by atoms with Crippen LogP contribution in [0.2, 0.25) is 0 Å². The van der Waals surface area contributed by atoms with Gasteiger partial charge in [-0.05, 0) is 68.7 Å². The Labute approximate surface area is 162 Å². The van der Waals surface area contributed by atoms with Crippen LogP contribution in [0.1, 0.15) is 34.5 Å². The number of carbonyl (C=O) groups excluding carboxylic acids is 2. The van der Waals surface area contributed by atoms with Gasteiger partial charge in [-0.2, -0.15) is 0 Å². The van der Waals surface area contributed by atoms with Crippen molar-refractivity contribution in [1.29, 1.82) is 0 Å². The van der Waals surface area contributed by atoms with Crippen molar-refractivity contribution in [3.8, 4) is 0 Å². The van der Waals surface area contributed by atoms with Crippen LogP contribution < -0.4 is 10.6 Å². The fourth-order valence-corrected chi connectivity index (χ4v) is 3.35. The minimum atomic E-state index is -0.415. The highest BCUT2D eigenvalue weighted by Crippen LogP contribution is 2.24. The SMILES string of the molecule is Cc1cc2cc(NC(=O)c3ccc(C)c(NC(=O)[C@@H]4CCCO4)c3)ccc2o1. The summed E-state index contributed by atoms with van der Waals surface area (Å²) in [5.74, 6) is 0.412. The molecular weight excluding hydrogens is 356 g/mol. The molecule has 0 radical (unpaired) electrons. The molecule has 3 aromatic rings. The Kier molecular flexibility index (Phi) is 4.88. The average molecular weight is 378 g/mol. The summed E-state index contributed by atoms with van der Waals surface area (Å²) >= 11 is 0. The van der Waals surface area contributed by atoms with Crippen molar-refractivity contribution < 1.29 is 18.7 Å². The molecule has 1 aliphatic heterocycles. The summed E-state index contributed by atoms with van der Waals surface area (Å²) in [6.45, 7) is 4.39. The number of benzene rings is 2. The van der Waals surface area contributed by atoms with Crippen LogP contribution in [0.25, 0.3) is 11.0 Å². The number of nitrogens with one attached hydrogen (secondary N) is 2. The number of aryl methyl sites for hydroxylation is 2. The first-order valence-electron chi connectivity index (χ1n) is 9.34. The number of amides is 2. The molecule has 4 rings (SSSR count). The van der Waals surface area contributed by atoms with Gasteiger partial charge in [-0.3, -0.25) is 9.59 Å². The third kappa shape index (κ3) is 3.77. The Morgan fingerprint density at radius 2 is 1.89 bits per heavy atom. The molecule has 1 saturated heterocycles. The lowest BCUT2D eigenvalue weighted by Crippen LogP contribution is -2.27. The first-order valence-corrected chi connectivity index (χ1v) is 9.34. The summed E-state index contributed by atoms with van der Waals surface area (Å²) in [4.78, 5) is 25.0. The Bertz CT molecular complexity index is 1050. The molecule has 0 saturated carbocycles. The predicted molar refractivity (Wildman–Crippen MR) is 108 cm³/mol. The van der Waals surface area contributed by atoms with Crippen molar-refractivity contribution >= 4 is 34.2 Å². The number of hydrogen-bond donors (Lipinski definition) is 2. The maximum atomic E-state index is 12.7. The molecule has 0 spiro atoms. The second-order valence-corrected chi connectivity index (χ2v) is 7.08. The highest BCUT2D eigenvalue weighted by atomic mass is 16.5. The zero-order valence-corrected chi connectivity index (χ0v) is 15.9. The van der Waals surface area contributed by atoms with Crippen molar-refractivity contribution in [2.24, 2.45) is 0 Å². The molecule has 0 unspecified atom stereocenters. The van der Waals surface area contributed by atoms with Crippen molar-refractivity contribution in [1.82, 2.24) is 0 Å². The average Bonchev–Trinajstić information content (AvgIpc) is 3.32.